The largest absolute Gasteiger partial charge is 0.368 e. The van der Waals surface area contributed by atoms with Crippen molar-refractivity contribution in [2.45, 2.75) is 19.0 Å². The number of H-pyrrole nitrogens is 1. The van der Waals surface area contributed by atoms with Crippen molar-refractivity contribution in [3.05, 3.63) is 0 Å². The lowest BCUT2D eigenvalue weighted by Gasteiger charge is -2.27. The Kier molecular flexibility index (Phi) is 2.03. The molecule has 0 aromatic carbocycles. The summed E-state index contributed by atoms with van der Waals surface area (Å²) in [4.78, 5) is 5.75. The third kappa shape index (κ3) is 1.71. The van der Waals surface area contributed by atoms with Gasteiger partial charge in [0.1, 0.15) is 6.17 Å². The number of nitrogens with two attached hydrogens (primary N) is 1. The van der Waals surface area contributed by atoms with Crippen LogP contribution < -0.4 is 10.6 Å². The van der Waals surface area contributed by atoms with Crippen LogP contribution in [0.1, 0.15) is 12.8 Å². The minimum Gasteiger partial charge on any atom is -0.368 e. The van der Waals surface area contributed by atoms with Gasteiger partial charge in [-0.3, -0.25) is 0 Å². The highest BCUT2D eigenvalue weighted by atomic mass is 19.1. The van der Waals surface area contributed by atoms with Crippen LogP contribution in [-0.4, -0.2) is 34.4 Å². The number of aromatic amines is 1. The monoisotopic (exact) mass is 185 g/mol. The molecular weight excluding hydrogens is 173 g/mol. The zero-order valence-corrected chi connectivity index (χ0v) is 7.20. The molecule has 1 atom stereocenters. The first-order chi connectivity index (χ1) is 6.25. The van der Waals surface area contributed by atoms with Crippen molar-refractivity contribution in [1.82, 2.24) is 15.2 Å². The van der Waals surface area contributed by atoms with E-state index >= 15 is 0 Å². The number of nitrogen functional groups attached to an aromatic ring is 1. The second-order valence-corrected chi connectivity index (χ2v) is 3.21. The third-order valence-electron chi connectivity index (χ3n) is 2.14. The fourth-order valence-corrected chi connectivity index (χ4v) is 1.51. The lowest BCUT2D eigenvalue weighted by atomic mass is 10.1. The minimum absolute atomic E-state index is 0.274. The fourth-order valence-electron chi connectivity index (χ4n) is 1.51. The van der Waals surface area contributed by atoms with Crippen molar-refractivity contribution >= 4 is 11.9 Å². The van der Waals surface area contributed by atoms with Crippen LogP contribution in [-0.2, 0) is 0 Å². The van der Waals surface area contributed by atoms with Gasteiger partial charge in [0.15, 0.2) is 0 Å². The first-order valence-electron chi connectivity index (χ1n) is 4.32. The fraction of sp³-hybridized carbons (Fsp3) is 0.714. The molecule has 1 saturated heterocycles. The van der Waals surface area contributed by atoms with Crippen molar-refractivity contribution in [2.75, 3.05) is 23.7 Å². The standard InChI is InChI=1S/C7H12FN5/c8-5-2-1-3-13(4-5)7-10-6(9)11-12-7/h5H,1-4H2,(H3,9,10,11,12). The summed E-state index contributed by atoms with van der Waals surface area (Å²) in [6.45, 7) is 1.18. The summed E-state index contributed by atoms with van der Waals surface area (Å²) in [6.07, 6.45) is 0.708. The van der Waals surface area contributed by atoms with Crippen molar-refractivity contribution in [3.8, 4) is 0 Å². The van der Waals surface area contributed by atoms with E-state index in [0.29, 0.717) is 18.9 Å². The first kappa shape index (κ1) is 8.28. The Morgan fingerprint density at radius 2 is 2.46 bits per heavy atom. The molecule has 1 unspecified atom stereocenters. The average Bonchev–Trinajstić information content (AvgIpc) is 2.52. The van der Waals surface area contributed by atoms with E-state index in [2.05, 4.69) is 15.2 Å². The zero-order chi connectivity index (χ0) is 9.26. The predicted octanol–water partition coefficient (Wildman–Crippen LogP) is 0.325. The SMILES string of the molecule is Nc1nc(N2CCCC(F)C2)n[nH]1. The molecular formula is C7H12FN5. The van der Waals surface area contributed by atoms with Gasteiger partial charge in [-0.2, -0.15) is 4.98 Å². The normalized spacial score (nSPS) is 23.5. The highest BCUT2D eigenvalue weighted by molar-refractivity contribution is 5.34. The van der Waals surface area contributed by atoms with Gasteiger partial charge in [0, 0.05) is 6.54 Å². The second kappa shape index (κ2) is 3.20. The summed E-state index contributed by atoms with van der Waals surface area (Å²) in [5, 5.41) is 6.41. The van der Waals surface area contributed by atoms with E-state index in [1.807, 2.05) is 0 Å². The molecule has 2 heterocycles. The molecule has 1 aromatic heterocycles. The van der Waals surface area contributed by atoms with E-state index in [-0.39, 0.29) is 5.95 Å². The number of rotatable bonds is 1. The lowest BCUT2D eigenvalue weighted by molar-refractivity contribution is 0.285. The van der Waals surface area contributed by atoms with E-state index in [0.717, 1.165) is 13.0 Å². The molecule has 0 radical (unpaired) electrons. The quantitative estimate of drug-likeness (QED) is 0.661. The smallest absolute Gasteiger partial charge is 0.246 e. The molecule has 3 N–H and O–H groups in total. The molecule has 0 spiro atoms. The van der Waals surface area contributed by atoms with E-state index in [4.69, 9.17) is 5.73 Å². The maximum absolute atomic E-state index is 13.0. The minimum atomic E-state index is -0.770. The van der Waals surface area contributed by atoms with Gasteiger partial charge in [0.05, 0.1) is 6.54 Å². The Balaban J connectivity index is 2.08. The van der Waals surface area contributed by atoms with Crippen LogP contribution in [0.15, 0.2) is 0 Å². The van der Waals surface area contributed by atoms with Crippen LogP contribution in [0, 0.1) is 0 Å². The van der Waals surface area contributed by atoms with E-state index < -0.39 is 6.17 Å². The van der Waals surface area contributed by atoms with Crippen molar-refractivity contribution in [3.63, 3.8) is 0 Å². The summed E-state index contributed by atoms with van der Waals surface area (Å²) in [5.74, 6) is 0.774. The highest BCUT2D eigenvalue weighted by Gasteiger charge is 2.21. The lowest BCUT2D eigenvalue weighted by Crippen LogP contribution is -2.37. The van der Waals surface area contributed by atoms with Crippen molar-refractivity contribution < 1.29 is 4.39 Å². The highest BCUT2D eigenvalue weighted by Crippen LogP contribution is 2.17. The molecule has 0 aliphatic carbocycles. The number of nitrogens with zero attached hydrogens (tertiary/aromatic N) is 3. The summed E-state index contributed by atoms with van der Waals surface area (Å²) in [6, 6.07) is 0. The van der Waals surface area contributed by atoms with Gasteiger partial charge in [-0.25, -0.2) is 9.49 Å². The van der Waals surface area contributed by atoms with Gasteiger partial charge in [0.2, 0.25) is 11.9 Å². The van der Waals surface area contributed by atoms with Crippen LogP contribution in [0.4, 0.5) is 16.3 Å². The summed E-state index contributed by atoms with van der Waals surface area (Å²) < 4.78 is 13.0. The first-order valence-corrected chi connectivity index (χ1v) is 4.32. The van der Waals surface area contributed by atoms with Crippen LogP contribution in [0.2, 0.25) is 0 Å². The topological polar surface area (TPSA) is 70.8 Å². The maximum Gasteiger partial charge on any atom is 0.246 e. The van der Waals surface area contributed by atoms with E-state index in [1.165, 1.54) is 0 Å². The second-order valence-electron chi connectivity index (χ2n) is 3.21. The number of halogens is 1. The van der Waals surface area contributed by atoms with Gasteiger partial charge in [-0.1, -0.05) is 0 Å². The van der Waals surface area contributed by atoms with Gasteiger partial charge in [0.25, 0.3) is 0 Å². The summed E-state index contributed by atoms with van der Waals surface area (Å²) in [5.41, 5.74) is 5.37. The average molecular weight is 185 g/mol. The molecule has 5 nitrogen and oxygen atoms in total. The predicted molar refractivity (Wildman–Crippen MR) is 47.1 cm³/mol. The Labute approximate surface area is 75.1 Å². The Hall–Kier alpha value is -1.33. The van der Waals surface area contributed by atoms with Gasteiger partial charge < -0.3 is 10.6 Å². The molecule has 1 fully saturated rings. The van der Waals surface area contributed by atoms with Crippen LogP contribution in [0.25, 0.3) is 0 Å². The molecule has 72 valence electrons. The van der Waals surface area contributed by atoms with E-state index in [1.54, 1.807) is 4.90 Å². The number of piperidine rings is 1. The molecule has 1 aromatic rings. The number of hydrogen-bond acceptors (Lipinski definition) is 4. The molecule has 0 saturated carbocycles. The summed E-state index contributed by atoms with van der Waals surface area (Å²) >= 11 is 0. The maximum atomic E-state index is 13.0. The number of nitrogens with one attached hydrogen (secondary N) is 1. The third-order valence-corrected chi connectivity index (χ3v) is 2.14. The number of alkyl halides is 1. The molecule has 2 rings (SSSR count). The molecule has 1 aliphatic rings. The molecule has 0 amide bonds. The van der Waals surface area contributed by atoms with E-state index in [9.17, 15) is 4.39 Å². The molecule has 1 aliphatic heterocycles. The van der Waals surface area contributed by atoms with Crippen LogP contribution in [0.5, 0.6) is 0 Å². The van der Waals surface area contributed by atoms with Gasteiger partial charge in [-0.15, -0.1) is 5.10 Å². The van der Waals surface area contributed by atoms with Gasteiger partial charge >= 0.3 is 0 Å². The molecule has 0 bridgehead atoms. The Bertz CT molecular complexity index is 286. The zero-order valence-electron chi connectivity index (χ0n) is 7.20. The number of hydrogen-bond donors (Lipinski definition) is 2. The van der Waals surface area contributed by atoms with Crippen LogP contribution in [0.3, 0.4) is 0 Å². The van der Waals surface area contributed by atoms with Crippen molar-refractivity contribution in [2.24, 2.45) is 0 Å². The summed E-state index contributed by atoms with van der Waals surface area (Å²) in [7, 11) is 0. The van der Waals surface area contributed by atoms with Crippen LogP contribution >= 0.6 is 0 Å². The molecule has 6 heteroatoms. The number of anilines is 2. The Morgan fingerprint density at radius 1 is 1.62 bits per heavy atom. The Morgan fingerprint density at radius 3 is 3.08 bits per heavy atom. The van der Waals surface area contributed by atoms with Gasteiger partial charge in [-0.05, 0) is 12.8 Å². The van der Waals surface area contributed by atoms with Crippen molar-refractivity contribution in [1.29, 1.82) is 0 Å². The molecule has 13 heavy (non-hydrogen) atoms. The number of aromatic nitrogens is 3.